The molecule has 0 radical (unpaired) electrons. The highest BCUT2D eigenvalue weighted by molar-refractivity contribution is 5.26. The summed E-state index contributed by atoms with van der Waals surface area (Å²) in [5, 5.41) is 21.1. The van der Waals surface area contributed by atoms with E-state index in [9.17, 15) is 20.2 Å². The number of nitro groups is 2. The fourth-order valence-corrected chi connectivity index (χ4v) is 1.20. The average Bonchev–Trinajstić information content (AvgIpc) is 2.17. The van der Waals surface area contributed by atoms with E-state index in [-0.39, 0.29) is 12.1 Å². The largest absolute Gasteiger partial charge is 0.268 e. The highest BCUT2D eigenvalue weighted by atomic mass is 16.6. The highest BCUT2D eigenvalue weighted by Gasteiger charge is 2.42. The van der Waals surface area contributed by atoms with Crippen LogP contribution in [-0.4, -0.2) is 15.4 Å². The van der Waals surface area contributed by atoms with Gasteiger partial charge in [-0.2, -0.15) is 0 Å². The van der Waals surface area contributed by atoms with Crippen LogP contribution in [-0.2, 0) is 0 Å². The summed E-state index contributed by atoms with van der Waals surface area (Å²) in [6.07, 6.45) is 4.72. The molecule has 0 heterocycles. The van der Waals surface area contributed by atoms with Crippen LogP contribution in [0.25, 0.3) is 0 Å². The minimum absolute atomic E-state index is 0.177. The van der Waals surface area contributed by atoms with Gasteiger partial charge in [-0.1, -0.05) is 12.7 Å². The van der Waals surface area contributed by atoms with Crippen molar-refractivity contribution in [3.8, 4) is 0 Å². The van der Waals surface area contributed by atoms with Crippen LogP contribution in [0.3, 0.4) is 0 Å². The number of allylic oxidation sites excluding steroid dienone is 2. The van der Waals surface area contributed by atoms with Gasteiger partial charge in [0.1, 0.15) is 6.42 Å². The Balaban J connectivity index is 3.04. The van der Waals surface area contributed by atoms with Gasteiger partial charge in [0.25, 0.3) is 11.2 Å². The van der Waals surface area contributed by atoms with Crippen molar-refractivity contribution in [2.24, 2.45) is 0 Å². The number of nitrogens with zero attached hydrogens (tertiary/aromatic N) is 2. The molecular weight excluding hydrogens is 188 g/mol. The van der Waals surface area contributed by atoms with E-state index in [2.05, 4.69) is 6.58 Å². The standard InChI is InChI=1S/C8H8N2O4/c1-2-8(10(13)14)5-3-4-7(6-8)9(11)12/h2-5H,1,6H2. The van der Waals surface area contributed by atoms with Crippen molar-refractivity contribution >= 4 is 0 Å². The van der Waals surface area contributed by atoms with Gasteiger partial charge in [-0.3, -0.25) is 20.2 Å². The number of rotatable bonds is 3. The molecule has 1 rings (SSSR count). The first-order valence-corrected chi connectivity index (χ1v) is 3.83. The molecular formula is C8H8N2O4. The summed E-state index contributed by atoms with van der Waals surface area (Å²) in [5.74, 6) is 0. The van der Waals surface area contributed by atoms with Crippen LogP contribution in [0.15, 0.2) is 36.6 Å². The maximum Gasteiger partial charge on any atom is 0.268 e. The van der Waals surface area contributed by atoms with E-state index in [1.807, 2.05) is 0 Å². The summed E-state index contributed by atoms with van der Waals surface area (Å²) in [5.41, 5.74) is -1.71. The fraction of sp³-hybridized carbons (Fsp3) is 0.250. The Hall–Kier alpha value is -1.98. The lowest BCUT2D eigenvalue weighted by Gasteiger charge is -2.18. The molecule has 74 valence electrons. The van der Waals surface area contributed by atoms with Crippen LogP contribution in [0, 0.1) is 20.2 Å². The molecule has 0 saturated heterocycles. The van der Waals surface area contributed by atoms with E-state index in [1.54, 1.807) is 0 Å². The first-order valence-electron chi connectivity index (χ1n) is 3.83. The molecule has 1 aliphatic carbocycles. The summed E-state index contributed by atoms with van der Waals surface area (Å²) in [6.45, 7) is 3.33. The topological polar surface area (TPSA) is 86.3 Å². The van der Waals surface area contributed by atoms with Crippen LogP contribution >= 0.6 is 0 Å². The van der Waals surface area contributed by atoms with Crippen molar-refractivity contribution < 1.29 is 9.85 Å². The van der Waals surface area contributed by atoms with Gasteiger partial charge < -0.3 is 0 Å². The molecule has 6 heteroatoms. The third kappa shape index (κ3) is 1.54. The highest BCUT2D eigenvalue weighted by Crippen LogP contribution is 2.27. The molecule has 0 aromatic heterocycles. The van der Waals surface area contributed by atoms with Crippen molar-refractivity contribution in [1.29, 1.82) is 0 Å². The van der Waals surface area contributed by atoms with Crippen molar-refractivity contribution in [3.05, 3.63) is 56.8 Å². The third-order valence-electron chi connectivity index (χ3n) is 2.07. The minimum atomic E-state index is -1.53. The van der Waals surface area contributed by atoms with E-state index >= 15 is 0 Å². The molecule has 0 aromatic carbocycles. The molecule has 0 aromatic rings. The maximum atomic E-state index is 10.7. The zero-order valence-corrected chi connectivity index (χ0v) is 7.25. The van der Waals surface area contributed by atoms with Gasteiger partial charge in [-0.25, -0.2) is 0 Å². The van der Waals surface area contributed by atoms with Gasteiger partial charge in [0.15, 0.2) is 0 Å². The predicted molar refractivity (Wildman–Crippen MR) is 48.8 cm³/mol. The number of hydrogen-bond donors (Lipinski definition) is 0. The second kappa shape index (κ2) is 3.41. The second-order valence-electron chi connectivity index (χ2n) is 2.90. The van der Waals surface area contributed by atoms with Crippen LogP contribution in [0.2, 0.25) is 0 Å². The van der Waals surface area contributed by atoms with Gasteiger partial charge in [-0.15, -0.1) is 0 Å². The zero-order chi connectivity index (χ0) is 10.8. The Kier molecular flexibility index (Phi) is 2.46. The van der Waals surface area contributed by atoms with E-state index < -0.39 is 15.4 Å². The third-order valence-corrected chi connectivity index (χ3v) is 2.07. The second-order valence-corrected chi connectivity index (χ2v) is 2.90. The van der Waals surface area contributed by atoms with Gasteiger partial charge in [0, 0.05) is 11.0 Å². The normalized spacial score (nSPS) is 25.3. The van der Waals surface area contributed by atoms with Crippen LogP contribution < -0.4 is 0 Å². The predicted octanol–water partition coefficient (Wildman–Crippen LogP) is 1.31. The summed E-state index contributed by atoms with van der Waals surface area (Å²) in [7, 11) is 0. The van der Waals surface area contributed by atoms with E-state index in [1.165, 1.54) is 18.2 Å². The fourth-order valence-electron chi connectivity index (χ4n) is 1.20. The first kappa shape index (κ1) is 10.1. The van der Waals surface area contributed by atoms with E-state index in [4.69, 9.17) is 0 Å². The quantitative estimate of drug-likeness (QED) is 0.386. The summed E-state index contributed by atoms with van der Waals surface area (Å²) in [4.78, 5) is 19.9. The van der Waals surface area contributed by atoms with Crippen LogP contribution in [0.5, 0.6) is 0 Å². The van der Waals surface area contributed by atoms with Crippen molar-refractivity contribution in [1.82, 2.24) is 0 Å². The average molecular weight is 196 g/mol. The molecule has 1 aliphatic rings. The van der Waals surface area contributed by atoms with E-state index in [0.29, 0.717) is 0 Å². The molecule has 0 amide bonds. The summed E-state index contributed by atoms with van der Waals surface area (Å²) in [6, 6.07) is 0. The monoisotopic (exact) mass is 196 g/mol. The molecule has 6 nitrogen and oxygen atoms in total. The van der Waals surface area contributed by atoms with Crippen LogP contribution in [0.4, 0.5) is 0 Å². The number of hydrogen-bond acceptors (Lipinski definition) is 4. The molecule has 0 aliphatic heterocycles. The molecule has 1 atom stereocenters. The van der Waals surface area contributed by atoms with Crippen LogP contribution in [0.1, 0.15) is 6.42 Å². The smallest absolute Gasteiger partial charge is 0.263 e. The van der Waals surface area contributed by atoms with Gasteiger partial charge in [-0.05, 0) is 12.2 Å². The summed E-state index contributed by atoms with van der Waals surface area (Å²) < 4.78 is 0. The molecule has 0 spiro atoms. The first-order chi connectivity index (χ1) is 6.52. The van der Waals surface area contributed by atoms with Gasteiger partial charge >= 0.3 is 0 Å². The Morgan fingerprint density at radius 3 is 2.57 bits per heavy atom. The Morgan fingerprint density at radius 1 is 1.50 bits per heavy atom. The van der Waals surface area contributed by atoms with Gasteiger partial charge in [0.05, 0.1) is 4.92 Å². The maximum absolute atomic E-state index is 10.7. The molecule has 0 N–H and O–H groups in total. The molecule has 14 heavy (non-hydrogen) atoms. The molecule has 1 unspecified atom stereocenters. The summed E-state index contributed by atoms with van der Waals surface area (Å²) >= 11 is 0. The van der Waals surface area contributed by atoms with Crippen molar-refractivity contribution in [2.45, 2.75) is 12.0 Å². The minimum Gasteiger partial charge on any atom is -0.263 e. The lowest BCUT2D eigenvalue weighted by Crippen LogP contribution is -2.36. The lowest BCUT2D eigenvalue weighted by molar-refractivity contribution is -0.547. The molecule has 0 saturated carbocycles. The lowest BCUT2D eigenvalue weighted by atomic mass is 9.90. The Labute approximate surface area is 79.5 Å². The van der Waals surface area contributed by atoms with Gasteiger partial charge in [0.2, 0.25) is 0 Å². The van der Waals surface area contributed by atoms with E-state index in [0.717, 1.165) is 6.08 Å². The van der Waals surface area contributed by atoms with Crippen molar-refractivity contribution in [3.63, 3.8) is 0 Å². The molecule has 0 bridgehead atoms. The Bertz CT molecular complexity index is 358. The zero-order valence-electron chi connectivity index (χ0n) is 7.25. The Morgan fingerprint density at radius 2 is 2.14 bits per heavy atom. The van der Waals surface area contributed by atoms with Crippen molar-refractivity contribution in [2.75, 3.05) is 0 Å². The molecule has 0 fully saturated rings. The SMILES string of the molecule is C=CC1([N+](=O)[O-])C=CC=C([N+](=O)[O-])C1.